The average molecular weight is 156 g/mol. The fraction of sp³-hybridized carbons (Fsp3) is 0.778. The van der Waals surface area contributed by atoms with Crippen molar-refractivity contribution in [2.75, 3.05) is 6.61 Å². The van der Waals surface area contributed by atoms with Gasteiger partial charge >= 0.3 is 0 Å². The third-order valence-corrected chi connectivity index (χ3v) is 2.33. The van der Waals surface area contributed by atoms with Gasteiger partial charge in [0.15, 0.2) is 0 Å². The lowest BCUT2D eigenvalue weighted by molar-refractivity contribution is 0.152. The monoisotopic (exact) mass is 156 g/mol. The van der Waals surface area contributed by atoms with E-state index in [9.17, 15) is 5.11 Å². The van der Waals surface area contributed by atoms with Crippen molar-refractivity contribution in [2.45, 2.75) is 32.3 Å². The zero-order chi connectivity index (χ0) is 8.27. The minimum Gasteiger partial charge on any atom is -0.392 e. The maximum Gasteiger partial charge on any atom is 0.0753 e. The van der Waals surface area contributed by atoms with Crippen LogP contribution in [0.5, 0.6) is 0 Å². The van der Waals surface area contributed by atoms with Crippen LogP contribution in [0.2, 0.25) is 0 Å². The molecule has 1 saturated carbocycles. The van der Waals surface area contributed by atoms with E-state index in [1.807, 2.05) is 0 Å². The molecule has 0 bridgehead atoms. The van der Waals surface area contributed by atoms with E-state index in [0.29, 0.717) is 5.92 Å². The molecular weight excluding hydrogens is 140 g/mol. The molecule has 0 saturated heterocycles. The summed E-state index contributed by atoms with van der Waals surface area (Å²) in [5, 5.41) is 18.1. The van der Waals surface area contributed by atoms with E-state index >= 15 is 0 Å². The summed E-state index contributed by atoms with van der Waals surface area (Å²) in [5.74, 6) is 0.626. The van der Waals surface area contributed by atoms with Gasteiger partial charge in [-0.05, 0) is 30.8 Å². The van der Waals surface area contributed by atoms with Gasteiger partial charge in [0, 0.05) is 0 Å². The van der Waals surface area contributed by atoms with Crippen LogP contribution in [0, 0.1) is 5.92 Å². The second-order valence-electron chi connectivity index (χ2n) is 3.36. The highest BCUT2D eigenvalue weighted by Gasteiger charge is 2.20. The van der Waals surface area contributed by atoms with Gasteiger partial charge in [-0.3, -0.25) is 0 Å². The molecule has 0 aliphatic heterocycles. The lowest BCUT2D eigenvalue weighted by Gasteiger charge is -2.25. The van der Waals surface area contributed by atoms with Gasteiger partial charge in [-0.15, -0.1) is 0 Å². The Morgan fingerprint density at radius 2 is 2.36 bits per heavy atom. The van der Waals surface area contributed by atoms with Crippen LogP contribution in [0.25, 0.3) is 0 Å². The lowest BCUT2D eigenvalue weighted by Crippen LogP contribution is -2.20. The topological polar surface area (TPSA) is 40.5 Å². The van der Waals surface area contributed by atoms with Gasteiger partial charge in [-0.2, -0.15) is 0 Å². The van der Waals surface area contributed by atoms with Crippen LogP contribution in [0.1, 0.15) is 26.2 Å². The zero-order valence-electron chi connectivity index (χ0n) is 6.95. The van der Waals surface area contributed by atoms with Crippen LogP contribution < -0.4 is 0 Å². The Bertz CT molecular complexity index is 152. The first kappa shape index (κ1) is 8.75. The molecule has 0 aromatic rings. The number of hydrogen-bond donors (Lipinski definition) is 2. The van der Waals surface area contributed by atoms with E-state index in [-0.39, 0.29) is 12.7 Å². The minimum absolute atomic E-state index is 0.0563. The fourth-order valence-electron chi connectivity index (χ4n) is 1.59. The number of aliphatic hydroxyl groups is 2. The summed E-state index contributed by atoms with van der Waals surface area (Å²) in [6.07, 6.45) is 4.37. The third-order valence-electron chi connectivity index (χ3n) is 2.33. The predicted molar refractivity (Wildman–Crippen MR) is 44.2 cm³/mol. The molecule has 2 nitrogen and oxygen atoms in total. The summed E-state index contributed by atoms with van der Waals surface area (Å²) < 4.78 is 0. The quantitative estimate of drug-likeness (QED) is 0.558. The Kier molecular flexibility index (Phi) is 3.09. The van der Waals surface area contributed by atoms with Gasteiger partial charge in [0.2, 0.25) is 0 Å². The van der Waals surface area contributed by atoms with Crippen molar-refractivity contribution in [3.8, 4) is 0 Å². The number of aliphatic hydroxyl groups excluding tert-OH is 2. The Hall–Kier alpha value is -0.340. The number of hydrogen-bond acceptors (Lipinski definition) is 2. The Labute approximate surface area is 67.6 Å². The second-order valence-corrected chi connectivity index (χ2v) is 3.36. The first-order chi connectivity index (χ1) is 5.24. The van der Waals surface area contributed by atoms with Crippen molar-refractivity contribution < 1.29 is 10.2 Å². The molecule has 2 heteroatoms. The van der Waals surface area contributed by atoms with Gasteiger partial charge in [-0.25, -0.2) is 0 Å². The van der Waals surface area contributed by atoms with Crippen molar-refractivity contribution in [3.63, 3.8) is 0 Å². The van der Waals surface area contributed by atoms with Crippen molar-refractivity contribution in [2.24, 2.45) is 5.92 Å². The molecule has 1 aliphatic rings. The second kappa shape index (κ2) is 3.88. The Morgan fingerprint density at radius 1 is 1.64 bits per heavy atom. The summed E-state index contributed by atoms with van der Waals surface area (Å²) in [6, 6.07) is 0. The lowest BCUT2D eigenvalue weighted by atomic mass is 9.85. The fourth-order valence-corrected chi connectivity index (χ4v) is 1.59. The van der Waals surface area contributed by atoms with E-state index in [2.05, 4.69) is 6.92 Å². The molecule has 0 amide bonds. The van der Waals surface area contributed by atoms with Crippen LogP contribution in [0.15, 0.2) is 11.6 Å². The maximum atomic E-state index is 9.49. The Morgan fingerprint density at radius 3 is 2.91 bits per heavy atom. The minimum atomic E-state index is -0.300. The summed E-state index contributed by atoms with van der Waals surface area (Å²) in [7, 11) is 0. The molecule has 1 rings (SSSR count). The number of rotatable bonds is 1. The zero-order valence-corrected chi connectivity index (χ0v) is 6.95. The Balaban J connectivity index is 2.50. The molecule has 2 N–H and O–H groups in total. The van der Waals surface area contributed by atoms with Gasteiger partial charge in [-0.1, -0.05) is 13.0 Å². The van der Waals surface area contributed by atoms with Gasteiger partial charge in [0.1, 0.15) is 0 Å². The van der Waals surface area contributed by atoms with Gasteiger partial charge < -0.3 is 10.2 Å². The van der Waals surface area contributed by atoms with E-state index in [1.165, 1.54) is 0 Å². The van der Waals surface area contributed by atoms with E-state index in [1.54, 1.807) is 6.08 Å². The van der Waals surface area contributed by atoms with E-state index in [4.69, 9.17) is 5.11 Å². The molecule has 64 valence electrons. The molecule has 0 radical (unpaired) electrons. The smallest absolute Gasteiger partial charge is 0.0753 e. The van der Waals surface area contributed by atoms with Crippen molar-refractivity contribution in [3.05, 3.63) is 11.6 Å². The molecule has 0 unspecified atom stereocenters. The first-order valence-electron chi connectivity index (χ1n) is 4.22. The van der Waals surface area contributed by atoms with Crippen molar-refractivity contribution in [1.82, 2.24) is 0 Å². The molecular formula is C9H16O2. The van der Waals surface area contributed by atoms with Gasteiger partial charge in [0.25, 0.3) is 0 Å². The van der Waals surface area contributed by atoms with Crippen LogP contribution in [0.3, 0.4) is 0 Å². The highest BCUT2D eigenvalue weighted by Crippen LogP contribution is 2.27. The predicted octanol–water partition coefficient (Wildman–Crippen LogP) is 1.09. The molecule has 0 aromatic carbocycles. The molecule has 2 atom stereocenters. The van der Waals surface area contributed by atoms with Crippen LogP contribution in [-0.2, 0) is 0 Å². The molecule has 0 spiro atoms. The van der Waals surface area contributed by atoms with Crippen LogP contribution in [0.4, 0.5) is 0 Å². The summed E-state index contributed by atoms with van der Waals surface area (Å²) in [5.41, 5.74) is 1.02. The SMILES string of the molecule is C[C@@H]1CC/C(=C/CO)[C@H](O)C1. The van der Waals surface area contributed by atoms with Gasteiger partial charge in [0.05, 0.1) is 12.7 Å². The summed E-state index contributed by atoms with van der Waals surface area (Å²) in [4.78, 5) is 0. The van der Waals surface area contributed by atoms with Crippen LogP contribution in [-0.4, -0.2) is 22.9 Å². The normalized spacial score (nSPS) is 36.1. The molecule has 11 heavy (non-hydrogen) atoms. The van der Waals surface area contributed by atoms with Crippen molar-refractivity contribution >= 4 is 0 Å². The molecule has 0 heterocycles. The highest BCUT2D eigenvalue weighted by atomic mass is 16.3. The summed E-state index contributed by atoms with van der Waals surface area (Å²) >= 11 is 0. The third kappa shape index (κ3) is 2.31. The van der Waals surface area contributed by atoms with E-state index < -0.39 is 0 Å². The molecule has 1 fully saturated rings. The van der Waals surface area contributed by atoms with Crippen molar-refractivity contribution in [1.29, 1.82) is 0 Å². The molecule has 0 aromatic heterocycles. The molecule has 1 aliphatic carbocycles. The summed E-state index contributed by atoms with van der Waals surface area (Å²) in [6.45, 7) is 2.21. The van der Waals surface area contributed by atoms with E-state index in [0.717, 1.165) is 24.8 Å². The largest absolute Gasteiger partial charge is 0.392 e. The highest BCUT2D eigenvalue weighted by molar-refractivity contribution is 5.10. The maximum absolute atomic E-state index is 9.49. The van der Waals surface area contributed by atoms with Crippen LogP contribution >= 0.6 is 0 Å². The average Bonchev–Trinajstić information content (AvgIpc) is 1.95. The first-order valence-corrected chi connectivity index (χ1v) is 4.22. The standard InChI is InChI=1S/C9H16O2/c1-7-2-3-8(4-5-10)9(11)6-7/h4,7,9-11H,2-3,5-6H2,1H3/b8-4-/t7-,9-/m1/s1.